The molecule has 1 aliphatic rings. The Labute approximate surface area is 48.1 Å². The van der Waals surface area contributed by atoms with Crippen LogP contribution in [0.5, 0.6) is 0 Å². The highest BCUT2D eigenvalue weighted by atomic mass is 16.1. The first-order valence-corrected chi connectivity index (χ1v) is 2.60. The summed E-state index contributed by atoms with van der Waals surface area (Å²) in [7, 11) is 0. The SMILES string of the molecule is NC(=O)C#CC1CC1. The Balaban J connectivity index is 2.34. The third kappa shape index (κ3) is 1.65. The first-order chi connectivity index (χ1) is 3.79. The Bertz CT molecular complexity index is 159. The maximum absolute atomic E-state index is 9.98. The van der Waals surface area contributed by atoms with Gasteiger partial charge in [0.1, 0.15) is 0 Å². The lowest BCUT2D eigenvalue weighted by Gasteiger charge is -1.70. The molecule has 1 fully saturated rings. The fourth-order valence-corrected chi connectivity index (χ4v) is 0.401. The highest BCUT2D eigenvalue weighted by Crippen LogP contribution is 2.27. The quantitative estimate of drug-likeness (QED) is 0.433. The van der Waals surface area contributed by atoms with Crippen molar-refractivity contribution in [1.29, 1.82) is 0 Å². The van der Waals surface area contributed by atoms with E-state index in [0.29, 0.717) is 5.92 Å². The minimum atomic E-state index is -0.517. The molecule has 0 heterocycles. The van der Waals surface area contributed by atoms with Gasteiger partial charge in [0, 0.05) is 5.92 Å². The van der Waals surface area contributed by atoms with Gasteiger partial charge in [-0.1, -0.05) is 5.92 Å². The first-order valence-electron chi connectivity index (χ1n) is 2.60. The van der Waals surface area contributed by atoms with Crippen molar-refractivity contribution in [1.82, 2.24) is 0 Å². The first kappa shape index (κ1) is 5.17. The van der Waals surface area contributed by atoms with E-state index in [1.807, 2.05) is 0 Å². The molecule has 0 saturated heterocycles. The normalized spacial score (nSPS) is 16.5. The van der Waals surface area contributed by atoms with E-state index in [-0.39, 0.29) is 0 Å². The van der Waals surface area contributed by atoms with E-state index in [0.717, 1.165) is 12.8 Å². The largest absolute Gasteiger partial charge is 0.359 e. The van der Waals surface area contributed by atoms with Crippen LogP contribution < -0.4 is 5.73 Å². The van der Waals surface area contributed by atoms with Gasteiger partial charge in [-0.3, -0.25) is 4.79 Å². The molecular weight excluding hydrogens is 102 g/mol. The van der Waals surface area contributed by atoms with E-state index >= 15 is 0 Å². The molecule has 0 atom stereocenters. The van der Waals surface area contributed by atoms with Crippen molar-refractivity contribution in [3.63, 3.8) is 0 Å². The molecule has 2 nitrogen and oxygen atoms in total. The second-order valence-electron chi connectivity index (χ2n) is 1.91. The van der Waals surface area contributed by atoms with Gasteiger partial charge in [-0.2, -0.15) is 0 Å². The Kier molecular flexibility index (Phi) is 1.21. The topological polar surface area (TPSA) is 43.1 Å². The van der Waals surface area contributed by atoms with Crippen LogP contribution in [0.25, 0.3) is 0 Å². The number of amides is 1. The van der Waals surface area contributed by atoms with Crippen LogP contribution in [0.15, 0.2) is 0 Å². The molecule has 1 saturated carbocycles. The van der Waals surface area contributed by atoms with E-state index in [1.165, 1.54) is 0 Å². The summed E-state index contributed by atoms with van der Waals surface area (Å²) in [5, 5.41) is 0. The highest BCUT2D eigenvalue weighted by Gasteiger charge is 2.17. The molecule has 1 amide bonds. The summed E-state index contributed by atoms with van der Waals surface area (Å²) in [6.45, 7) is 0. The molecule has 0 aliphatic heterocycles. The van der Waals surface area contributed by atoms with Gasteiger partial charge in [0.2, 0.25) is 0 Å². The Morgan fingerprint density at radius 2 is 2.25 bits per heavy atom. The lowest BCUT2D eigenvalue weighted by Crippen LogP contribution is -2.06. The van der Waals surface area contributed by atoms with Gasteiger partial charge in [0.15, 0.2) is 0 Å². The van der Waals surface area contributed by atoms with Crippen LogP contribution in [0.2, 0.25) is 0 Å². The number of carbonyl (C=O) groups is 1. The number of hydrogen-bond acceptors (Lipinski definition) is 1. The van der Waals surface area contributed by atoms with Gasteiger partial charge in [-0.15, -0.1) is 0 Å². The van der Waals surface area contributed by atoms with E-state index < -0.39 is 5.91 Å². The van der Waals surface area contributed by atoms with Crippen molar-refractivity contribution >= 4 is 5.91 Å². The van der Waals surface area contributed by atoms with Crippen molar-refractivity contribution in [2.45, 2.75) is 12.8 Å². The molecule has 1 rings (SSSR count). The number of rotatable bonds is 0. The maximum Gasteiger partial charge on any atom is 0.293 e. The molecule has 0 bridgehead atoms. The molecule has 8 heavy (non-hydrogen) atoms. The van der Waals surface area contributed by atoms with Crippen molar-refractivity contribution in [2.75, 3.05) is 0 Å². The van der Waals surface area contributed by atoms with E-state index in [2.05, 4.69) is 11.8 Å². The molecule has 42 valence electrons. The molecule has 0 aromatic carbocycles. The molecule has 0 spiro atoms. The van der Waals surface area contributed by atoms with Crippen molar-refractivity contribution < 1.29 is 4.79 Å². The summed E-state index contributed by atoms with van der Waals surface area (Å²) in [5.41, 5.74) is 4.76. The van der Waals surface area contributed by atoms with Crippen molar-refractivity contribution in [3.05, 3.63) is 0 Å². The third-order valence-electron chi connectivity index (χ3n) is 0.977. The van der Waals surface area contributed by atoms with Crippen molar-refractivity contribution in [3.8, 4) is 11.8 Å². The molecule has 2 N–H and O–H groups in total. The Hall–Kier alpha value is -0.970. The fourth-order valence-electron chi connectivity index (χ4n) is 0.401. The molecular formula is C6H7NO. The highest BCUT2D eigenvalue weighted by molar-refractivity contribution is 5.91. The second-order valence-corrected chi connectivity index (χ2v) is 1.91. The predicted octanol–water partition coefficient (Wildman–Crippen LogP) is -0.115. The van der Waals surface area contributed by atoms with Crippen LogP contribution in [-0.2, 0) is 4.79 Å². The standard InChI is InChI=1S/C6H7NO/c7-6(8)4-3-5-1-2-5/h5H,1-2H2,(H2,7,8). The molecule has 1 aliphatic carbocycles. The lowest BCUT2D eigenvalue weighted by atomic mass is 10.4. The molecule has 2 heteroatoms. The number of hydrogen-bond donors (Lipinski definition) is 1. The Morgan fingerprint density at radius 3 is 2.62 bits per heavy atom. The number of primary amides is 1. The van der Waals surface area contributed by atoms with Gasteiger partial charge in [-0.25, -0.2) is 0 Å². The van der Waals surface area contributed by atoms with Crippen LogP contribution in [0.1, 0.15) is 12.8 Å². The minimum absolute atomic E-state index is 0.475. The van der Waals surface area contributed by atoms with Gasteiger partial charge < -0.3 is 5.73 Å². The van der Waals surface area contributed by atoms with Gasteiger partial charge in [0.25, 0.3) is 5.91 Å². The zero-order valence-corrected chi connectivity index (χ0v) is 4.48. The average molecular weight is 109 g/mol. The second kappa shape index (κ2) is 1.87. The summed E-state index contributed by atoms with van der Waals surface area (Å²) < 4.78 is 0. The van der Waals surface area contributed by atoms with Crippen LogP contribution in [0.4, 0.5) is 0 Å². The van der Waals surface area contributed by atoms with E-state index in [1.54, 1.807) is 0 Å². The zero-order chi connectivity index (χ0) is 5.98. The average Bonchev–Trinajstić information content (AvgIpc) is 2.41. The monoisotopic (exact) mass is 109 g/mol. The van der Waals surface area contributed by atoms with Crippen LogP contribution in [0, 0.1) is 17.8 Å². The van der Waals surface area contributed by atoms with Crippen LogP contribution >= 0.6 is 0 Å². The van der Waals surface area contributed by atoms with E-state index in [4.69, 9.17) is 5.73 Å². The fraction of sp³-hybridized carbons (Fsp3) is 0.500. The number of carbonyl (C=O) groups excluding carboxylic acids is 1. The predicted molar refractivity (Wildman–Crippen MR) is 29.7 cm³/mol. The third-order valence-corrected chi connectivity index (χ3v) is 0.977. The molecule has 0 unspecified atom stereocenters. The molecule has 0 aromatic heterocycles. The van der Waals surface area contributed by atoms with Gasteiger partial charge >= 0.3 is 0 Å². The minimum Gasteiger partial charge on any atom is -0.359 e. The number of nitrogens with two attached hydrogens (primary N) is 1. The lowest BCUT2D eigenvalue weighted by molar-refractivity contribution is -0.112. The summed E-state index contributed by atoms with van der Waals surface area (Å²) >= 11 is 0. The van der Waals surface area contributed by atoms with Gasteiger partial charge in [0.05, 0.1) is 0 Å². The summed E-state index contributed by atoms with van der Waals surface area (Å²) in [6, 6.07) is 0. The van der Waals surface area contributed by atoms with E-state index in [9.17, 15) is 4.79 Å². The smallest absolute Gasteiger partial charge is 0.293 e. The van der Waals surface area contributed by atoms with Crippen LogP contribution in [0.3, 0.4) is 0 Å². The summed E-state index contributed by atoms with van der Waals surface area (Å²) in [5.74, 6) is 4.99. The molecule has 0 radical (unpaired) electrons. The Morgan fingerprint density at radius 1 is 1.62 bits per heavy atom. The zero-order valence-electron chi connectivity index (χ0n) is 4.48. The molecule has 0 aromatic rings. The van der Waals surface area contributed by atoms with Crippen molar-refractivity contribution in [2.24, 2.45) is 11.7 Å². The summed E-state index contributed by atoms with van der Waals surface area (Å²) in [4.78, 5) is 9.98. The maximum atomic E-state index is 9.98. The van der Waals surface area contributed by atoms with Gasteiger partial charge in [-0.05, 0) is 18.8 Å². The van der Waals surface area contributed by atoms with Crippen LogP contribution in [-0.4, -0.2) is 5.91 Å². The summed E-state index contributed by atoms with van der Waals surface area (Å²) in [6.07, 6.45) is 2.28.